The highest BCUT2D eigenvalue weighted by Crippen LogP contribution is 2.31. The van der Waals surface area contributed by atoms with E-state index in [0.717, 1.165) is 6.54 Å². The minimum absolute atomic E-state index is 0.134. The third-order valence-corrected chi connectivity index (χ3v) is 4.69. The first-order chi connectivity index (χ1) is 10.5. The van der Waals surface area contributed by atoms with Crippen molar-refractivity contribution in [1.29, 1.82) is 0 Å². The van der Waals surface area contributed by atoms with Crippen molar-refractivity contribution in [2.24, 2.45) is 18.4 Å². The molecule has 22 heavy (non-hydrogen) atoms. The lowest BCUT2D eigenvalue weighted by Gasteiger charge is -2.38. The SMILES string of the molecule is Cn1c(=O)n(CC2(C)COC2)c(=O)c2c1ncn2CC1CC1. The summed E-state index contributed by atoms with van der Waals surface area (Å²) in [6.45, 7) is 4.41. The van der Waals surface area contributed by atoms with E-state index in [-0.39, 0.29) is 16.7 Å². The molecular formula is C15H20N4O3. The first kappa shape index (κ1) is 13.8. The molecule has 0 atom stereocenters. The summed E-state index contributed by atoms with van der Waals surface area (Å²) in [6.07, 6.45) is 4.09. The van der Waals surface area contributed by atoms with Crippen LogP contribution < -0.4 is 11.2 Å². The lowest BCUT2D eigenvalue weighted by Crippen LogP contribution is -2.50. The summed E-state index contributed by atoms with van der Waals surface area (Å²) in [4.78, 5) is 29.6. The molecular weight excluding hydrogens is 284 g/mol. The summed E-state index contributed by atoms with van der Waals surface area (Å²) in [5, 5.41) is 0. The van der Waals surface area contributed by atoms with Crippen LogP contribution in [0.25, 0.3) is 11.2 Å². The van der Waals surface area contributed by atoms with Crippen LogP contribution in [0.5, 0.6) is 0 Å². The van der Waals surface area contributed by atoms with Gasteiger partial charge in [0.05, 0.1) is 19.5 Å². The predicted molar refractivity (Wildman–Crippen MR) is 80.9 cm³/mol. The number of ether oxygens (including phenoxy) is 1. The third-order valence-electron chi connectivity index (χ3n) is 4.69. The first-order valence-corrected chi connectivity index (χ1v) is 7.71. The molecule has 1 saturated heterocycles. The van der Waals surface area contributed by atoms with Gasteiger partial charge in [-0.25, -0.2) is 9.78 Å². The van der Waals surface area contributed by atoms with Crippen LogP contribution in [-0.4, -0.2) is 31.9 Å². The minimum atomic E-state index is -0.303. The molecule has 1 aliphatic carbocycles. The van der Waals surface area contributed by atoms with Crippen molar-refractivity contribution in [3.8, 4) is 0 Å². The standard InChI is InChI=1S/C15H20N4O3/c1-15(7-22-8-15)6-19-13(20)11-12(17(2)14(19)21)16-9-18(11)5-10-3-4-10/h9-10H,3-8H2,1-2H3. The highest BCUT2D eigenvalue weighted by molar-refractivity contribution is 5.69. The van der Waals surface area contributed by atoms with E-state index < -0.39 is 0 Å². The van der Waals surface area contributed by atoms with Crippen LogP contribution in [0.2, 0.25) is 0 Å². The number of hydrogen-bond donors (Lipinski definition) is 0. The topological polar surface area (TPSA) is 71.1 Å². The van der Waals surface area contributed by atoms with Gasteiger partial charge in [-0.2, -0.15) is 0 Å². The van der Waals surface area contributed by atoms with E-state index in [0.29, 0.717) is 36.8 Å². The average Bonchev–Trinajstić information content (AvgIpc) is 3.17. The van der Waals surface area contributed by atoms with Crippen molar-refractivity contribution >= 4 is 11.2 Å². The van der Waals surface area contributed by atoms with E-state index in [1.54, 1.807) is 13.4 Å². The summed E-state index contributed by atoms with van der Waals surface area (Å²) in [7, 11) is 1.68. The fourth-order valence-corrected chi connectivity index (χ4v) is 3.10. The Balaban J connectivity index is 1.88. The van der Waals surface area contributed by atoms with E-state index in [2.05, 4.69) is 4.98 Å². The van der Waals surface area contributed by atoms with Crippen molar-refractivity contribution in [3.05, 3.63) is 27.2 Å². The lowest BCUT2D eigenvalue weighted by atomic mass is 9.88. The number of fused-ring (bicyclic) bond motifs is 1. The van der Waals surface area contributed by atoms with Crippen LogP contribution in [0.3, 0.4) is 0 Å². The van der Waals surface area contributed by atoms with Crippen LogP contribution >= 0.6 is 0 Å². The summed E-state index contributed by atoms with van der Waals surface area (Å²) < 4.78 is 9.96. The van der Waals surface area contributed by atoms with Crippen molar-refractivity contribution < 1.29 is 4.74 Å². The van der Waals surface area contributed by atoms with E-state index in [1.807, 2.05) is 11.5 Å². The van der Waals surface area contributed by atoms with E-state index >= 15 is 0 Å². The molecule has 0 unspecified atom stereocenters. The molecule has 0 N–H and O–H groups in total. The van der Waals surface area contributed by atoms with Gasteiger partial charge in [0.25, 0.3) is 5.56 Å². The monoisotopic (exact) mass is 304 g/mol. The largest absolute Gasteiger partial charge is 0.380 e. The number of hydrogen-bond acceptors (Lipinski definition) is 4. The Morgan fingerprint density at radius 1 is 1.36 bits per heavy atom. The fraction of sp³-hybridized carbons (Fsp3) is 0.667. The second kappa shape index (κ2) is 4.55. The van der Waals surface area contributed by atoms with Gasteiger partial charge < -0.3 is 9.30 Å². The molecule has 2 fully saturated rings. The van der Waals surface area contributed by atoms with Gasteiger partial charge in [0.1, 0.15) is 0 Å². The third kappa shape index (κ3) is 2.03. The second-order valence-electron chi connectivity index (χ2n) is 7.05. The number of nitrogens with zero attached hydrogens (tertiary/aromatic N) is 4. The molecule has 2 aliphatic rings. The van der Waals surface area contributed by atoms with Gasteiger partial charge >= 0.3 is 5.69 Å². The quantitative estimate of drug-likeness (QED) is 0.817. The Morgan fingerprint density at radius 3 is 2.68 bits per heavy atom. The Kier molecular flexibility index (Phi) is 2.84. The number of rotatable bonds is 4. The zero-order chi connectivity index (χ0) is 15.5. The maximum Gasteiger partial charge on any atom is 0.332 e. The van der Waals surface area contributed by atoms with Crippen LogP contribution in [0, 0.1) is 11.3 Å². The van der Waals surface area contributed by atoms with Gasteiger partial charge in [-0.05, 0) is 18.8 Å². The maximum atomic E-state index is 12.9. The van der Waals surface area contributed by atoms with Crippen molar-refractivity contribution in [2.75, 3.05) is 13.2 Å². The van der Waals surface area contributed by atoms with Crippen LogP contribution in [0.15, 0.2) is 15.9 Å². The van der Waals surface area contributed by atoms with Crippen LogP contribution in [-0.2, 0) is 24.9 Å². The van der Waals surface area contributed by atoms with Gasteiger partial charge in [0, 0.05) is 25.6 Å². The highest BCUT2D eigenvalue weighted by Gasteiger charge is 2.35. The normalized spacial score (nSPS) is 20.3. The lowest BCUT2D eigenvalue weighted by molar-refractivity contribution is -0.111. The summed E-state index contributed by atoms with van der Waals surface area (Å²) in [5.41, 5.74) is 0.344. The molecule has 0 aromatic carbocycles. The van der Waals surface area contributed by atoms with Crippen molar-refractivity contribution in [3.63, 3.8) is 0 Å². The molecule has 0 amide bonds. The predicted octanol–water partition coefficient (Wildman–Crippen LogP) is 0.343. The Morgan fingerprint density at radius 2 is 2.09 bits per heavy atom. The van der Waals surface area contributed by atoms with E-state index in [4.69, 9.17) is 4.74 Å². The molecule has 1 aliphatic heterocycles. The molecule has 3 heterocycles. The fourth-order valence-electron chi connectivity index (χ4n) is 3.10. The average molecular weight is 304 g/mol. The summed E-state index contributed by atoms with van der Waals surface area (Å²) >= 11 is 0. The number of aryl methyl sites for hydroxylation is 1. The molecule has 118 valence electrons. The van der Waals surface area contributed by atoms with Gasteiger partial charge in [0.15, 0.2) is 11.2 Å². The van der Waals surface area contributed by atoms with Crippen molar-refractivity contribution in [2.45, 2.75) is 32.9 Å². The van der Waals surface area contributed by atoms with Gasteiger partial charge in [-0.1, -0.05) is 6.92 Å². The zero-order valence-corrected chi connectivity index (χ0v) is 12.9. The van der Waals surface area contributed by atoms with Gasteiger partial charge in [-0.15, -0.1) is 0 Å². The second-order valence-corrected chi connectivity index (χ2v) is 7.05. The van der Waals surface area contributed by atoms with Crippen molar-refractivity contribution in [1.82, 2.24) is 18.7 Å². The summed E-state index contributed by atoms with van der Waals surface area (Å²) in [6, 6.07) is 0. The molecule has 7 nitrogen and oxygen atoms in total. The Labute approximate surface area is 127 Å². The van der Waals surface area contributed by atoms with Crippen LogP contribution in [0.1, 0.15) is 19.8 Å². The highest BCUT2D eigenvalue weighted by atomic mass is 16.5. The minimum Gasteiger partial charge on any atom is -0.380 e. The maximum absolute atomic E-state index is 12.9. The van der Waals surface area contributed by atoms with E-state index in [1.165, 1.54) is 22.0 Å². The molecule has 7 heteroatoms. The number of imidazole rings is 1. The molecule has 0 spiro atoms. The van der Waals surface area contributed by atoms with Gasteiger partial charge in [-0.3, -0.25) is 13.9 Å². The van der Waals surface area contributed by atoms with Crippen LogP contribution in [0.4, 0.5) is 0 Å². The zero-order valence-electron chi connectivity index (χ0n) is 12.9. The smallest absolute Gasteiger partial charge is 0.332 e. The first-order valence-electron chi connectivity index (χ1n) is 7.71. The Bertz CT molecular complexity index is 852. The van der Waals surface area contributed by atoms with Gasteiger partial charge in [0.2, 0.25) is 0 Å². The molecule has 2 aromatic rings. The number of aromatic nitrogens is 4. The summed E-state index contributed by atoms with van der Waals surface area (Å²) in [5.74, 6) is 0.639. The molecule has 4 rings (SSSR count). The Hall–Kier alpha value is -1.89. The molecule has 0 radical (unpaired) electrons. The molecule has 2 aromatic heterocycles. The molecule has 1 saturated carbocycles. The van der Waals surface area contributed by atoms with E-state index in [9.17, 15) is 9.59 Å². The molecule has 0 bridgehead atoms.